The summed E-state index contributed by atoms with van der Waals surface area (Å²) in [6, 6.07) is 13.4. The van der Waals surface area contributed by atoms with Crippen molar-refractivity contribution in [2.45, 2.75) is 13.5 Å². The number of anilines is 1. The third-order valence-electron chi connectivity index (χ3n) is 3.93. The number of hydrogen-bond donors (Lipinski definition) is 2. The number of rotatable bonds is 4. The fourth-order valence-corrected chi connectivity index (χ4v) is 2.74. The molecule has 1 fully saturated rings. The Kier molecular flexibility index (Phi) is 5.00. The summed E-state index contributed by atoms with van der Waals surface area (Å²) >= 11 is 0. The van der Waals surface area contributed by atoms with Crippen LogP contribution in [0.5, 0.6) is 0 Å². The predicted molar refractivity (Wildman–Crippen MR) is 91.5 cm³/mol. The van der Waals surface area contributed by atoms with E-state index in [1.54, 1.807) is 6.07 Å². The van der Waals surface area contributed by atoms with Gasteiger partial charge in [0.25, 0.3) is 5.91 Å². The molecule has 2 aromatic rings. The first-order chi connectivity index (χ1) is 11.2. The molecule has 5 heteroatoms. The monoisotopic (exact) mass is 310 g/mol. The lowest BCUT2D eigenvalue weighted by Gasteiger charge is -2.27. The Labute approximate surface area is 136 Å². The minimum Gasteiger partial charge on any atom is -0.314 e. The molecule has 0 saturated carbocycles. The second-order valence-electron chi connectivity index (χ2n) is 5.84. The van der Waals surface area contributed by atoms with Crippen LogP contribution in [-0.4, -0.2) is 42.0 Å². The lowest BCUT2D eigenvalue weighted by molar-refractivity contribution is 0.102. The summed E-state index contributed by atoms with van der Waals surface area (Å²) in [5, 5.41) is 6.21. The fraction of sp³-hybridized carbons (Fsp3) is 0.333. The van der Waals surface area contributed by atoms with E-state index in [2.05, 4.69) is 26.6 Å². The number of carbonyl (C=O) groups excluding carboxylic acids is 1. The summed E-state index contributed by atoms with van der Waals surface area (Å²) in [6.07, 6.45) is 0. The molecule has 1 aromatic heterocycles. The van der Waals surface area contributed by atoms with Gasteiger partial charge < -0.3 is 10.6 Å². The van der Waals surface area contributed by atoms with Crippen LogP contribution >= 0.6 is 0 Å². The minimum atomic E-state index is -0.120. The van der Waals surface area contributed by atoms with Crippen molar-refractivity contribution in [2.24, 2.45) is 0 Å². The van der Waals surface area contributed by atoms with Crippen molar-refractivity contribution in [1.29, 1.82) is 0 Å². The molecule has 2 heterocycles. The van der Waals surface area contributed by atoms with Crippen molar-refractivity contribution in [3.05, 3.63) is 59.3 Å². The average Bonchev–Trinajstić information content (AvgIpc) is 2.56. The average molecular weight is 310 g/mol. The maximum Gasteiger partial charge on any atom is 0.256 e. The number of aromatic nitrogens is 1. The molecule has 0 unspecified atom stereocenters. The Morgan fingerprint density at radius 3 is 2.78 bits per heavy atom. The molecular weight excluding hydrogens is 288 g/mol. The quantitative estimate of drug-likeness (QED) is 0.907. The summed E-state index contributed by atoms with van der Waals surface area (Å²) in [5.41, 5.74) is 2.72. The van der Waals surface area contributed by atoms with E-state index in [0.717, 1.165) is 44.0 Å². The van der Waals surface area contributed by atoms with E-state index in [-0.39, 0.29) is 5.91 Å². The maximum atomic E-state index is 12.4. The first-order valence-corrected chi connectivity index (χ1v) is 7.98. The number of piperazine rings is 1. The number of hydrogen-bond acceptors (Lipinski definition) is 4. The van der Waals surface area contributed by atoms with Crippen LogP contribution in [-0.2, 0) is 6.54 Å². The van der Waals surface area contributed by atoms with Gasteiger partial charge in [0.2, 0.25) is 0 Å². The first kappa shape index (κ1) is 15.6. The van der Waals surface area contributed by atoms with E-state index in [4.69, 9.17) is 0 Å². The molecule has 1 amide bonds. The Morgan fingerprint density at radius 1 is 1.22 bits per heavy atom. The molecule has 120 valence electrons. The molecule has 1 aliphatic rings. The zero-order valence-corrected chi connectivity index (χ0v) is 13.4. The Bertz CT molecular complexity index is 680. The summed E-state index contributed by atoms with van der Waals surface area (Å²) < 4.78 is 0. The molecule has 0 bridgehead atoms. The van der Waals surface area contributed by atoms with Gasteiger partial charge in [-0.05, 0) is 36.8 Å². The zero-order valence-electron chi connectivity index (χ0n) is 13.4. The van der Waals surface area contributed by atoms with Crippen LogP contribution in [0.1, 0.15) is 21.6 Å². The van der Waals surface area contributed by atoms with Crippen molar-refractivity contribution in [3.8, 4) is 0 Å². The number of carbonyl (C=O) groups is 1. The lowest BCUT2D eigenvalue weighted by Crippen LogP contribution is -2.42. The zero-order chi connectivity index (χ0) is 16.1. The van der Waals surface area contributed by atoms with Gasteiger partial charge in [-0.2, -0.15) is 0 Å². The van der Waals surface area contributed by atoms with E-state index in [1.165, 1.54) is 0 Å². The third kappa shape index (κ3) is 4.37. The Hall–Kier alpha value is -2.24. The second kappa shape index (κ2) is 7.35. The topological polar surface area (TPSA) is 57.3 Å². The highest BCUT2D eigenvalue weighted by molar-refractivity contribution is 6.03. The number of pyridine rings is 1. The van der Waals surface area contributed by atoms with Gasteiger partial charge in [0.05, 0.1) is 0 Å². The number of benzene rings is 1. The fourth-order valence-electron chi connectivity index (χ4n) is 2.74. The predicted octanol–water partition coefficient (Wildman–Crippen LogP) is 2.05. The standard InChI is InChI=1S/C18H22N4O/c1-14-4-2-7-17(20-14)21-18(23)16-6-3-5-15(12-16)13-22-10-8-19-9-11-22/h2-7,12,19H,8-11,13H2,1H3,(H,20,21,23). The first-order valence-electron chi connectivity index (χ1n) is 7.98. The van der Waals surface area contributed by atoms with E-state index in [0.29, 0.717) is 11.4 Å². The molecule has 1 aliphatic heterocycles. The van der Waals surface area contributed by atoms with Gasteiger partial charge in [0.1, 0.15) is 5.82 Å². The SMILES string of the molecule is Cc1cccc(NC(=O)c2cccc(CN3CCNCC3)c2)n1. The number of amides is 1. The molecule has 1 aromatic carbocycles. The van der Waals surface area contributed by atoms with E-state index in [9.17, 15) is 4.79 Å². The third-order valence-corrected chi connectivity index (χ3v) is 3.93. The van der Waals surface area contributed by atoms with Gasteiger partial charge in [-0.1, -0.05) is 18.2 Å². The molecule has 5 nitrogen and oxygen atoms in total. The van der Waals surface area contributed by atoms with Crippen molar-refractivity contribution in [1.82, 2.24) is 15.2 Å². The van der Waals surface area contributed by atoms with Gasteiger partial charge >= 0.3 is 0 Å². The maximum absolute atomic E-state index is 12.4. The van der Waals surface area contributed by atoms with Gasteiger partial charge in [0.15, 0.2) is 0 Å². The Balaban J connectivity index is 1.67. The molecule has 0 aliphatic carbocycles. The van der Waals surface area contributed by atoms with Crippen LogP contribution in [0, 0.1) is 6.92 Å². The summed E-state index contributed by atoms with van der Waals surface area (Å²) in [7, 11) is 0. The summed E-state index contributed by atoms with van der Waals surface area (Å²) in [4.78, 5) is 19.1. The highest BCUT2D eigenvalue weighted by atomic mass is 16.1. The van der Waals surface area contributed by atoms with Gasteiger partial charge in [0, 0.05) is 44.0 Å². The minimum absolute atomic E-state index is 0.120. The molecule has 23 heavy (non-hydrogen) atoms. The molecule has 1 saturated heterocycles. The van der Waals surface area contributed by atoms with E-state index in [1.807, 2.05) is 37.3 Å². The van der Waals surface area contributed by atoms with Crippen LogP contribution in [0.4, 0.5) is 5.82 Å². The smallest absolute Gasteiger partial charge is 0.256 e. The number of aryl methyl sites for hydroxylation is 1. The molecular formula is C18H22N4O. The van der Waals surface area contributed by atoms with Crippen LogP contribution in [0.15, 0.2) is 42.5 Å². The largest absolute Gasteiger partial charge is 0.314 e. The number of nitrogens with zero attached hydrogens (tertiary/aromatic N) is 2. The number of nitrogens with one attached hydrogen (secondary N) is 2. The molecule has 2 N–H and O–H groups in total. The Morgan fingerprint density at radius 2 is 2.00 bits per heavy atom. The normalized spacial score (nSPS) is 15.3. The molecule has 3 rings (SSSR count). The molecule has 0 radical (unpaired) electrons. The lowest BCUT2D eigenvalue weighted by atomic mass is 10.1. The molecule has 0 atom stereocenters. The van der Waals surface area contributed by atoms with Crippen LogP contribution in [0.25, 0.3) is 0 Å². The van der Waals surface area contributed by atoms with Crippen LogP contribution in [0.3, 0.4) is 0 Å². The second-order valence-corrected chi connectivity index (χ2v) is 5.84. The van der Waals surface area contributed by atoms with E-state index >= 15 is 0 Å². The summed E-state index contributed by atoms with van der Waals surface area (Å²) in [5.74, 6) is 0.466. The highest BCUT2D eigenvalue weighted by Gasteiger charge is 2.12. The van der Waals surface area contributed by atoms with Crippen LogP contribution in [0.2, 0.25) is 0 Å². The van der Waals surface area contributed by atoms with E-state index < -0.39 is 0 Å². The van der Waals surface area contributed by atoms with Gasteiger partial charge in [-0.15, -0.1) is 0 Å². The summed E-state index contributed by atoms with van der Waals surface area (Å²) in [6.45, 7) is 6.93. The molecule has 0 spiro atoms. The van der Waals surface area contributed by atoms with Crippen molar-refractivity contribution in [2.75, 3.05) is 31.5 Å². The van der Waals surface area contributed by atoms with Crippen LogP contribution < -0.4 is 10.6 Å². The van der Waals surface area contributed by atoms with Gasteiger partial charge in [-0.25, -0.2) is 4.98 Å². The van der Waals surface area contributed by atoms with Crippen molar-refractivity contribution < 1.29 is 4.79 Å². The van der Waals surface area contributed by atoms with Gasteiger partial charge in [-0.3, -0.25) is 9.69 Å². The highest BCUT2D eigenvalue weighted by Crippen LogP contribution is 2.12. The van der Waals surface area contributed by atoms with Crippen molar-refractivity contribution >= 4 is 11.7 Å². The van der Waals surface area contributed by atoms with Crippen molar-refractivity contribution in [3.63, 3.8) is 0 Å².